The van der Waals surface area contributed by atoms with Crippen LogP contribution >= 0.6 is 0 Å². The second-order valence-electron chi connectivity index (χ2n) is 16.4. The van der Waals surface area contributed by atoms with Crippen molar-refractivity contribution in [3.63, 3.8) is 0 Å². The molecule has 11 rings (SSSR count). The van der Waals surface area contributed by atoms with Crippen molar-refractivity contribution in [1.82, 2.24) is 0 Å². The summed E-state index contributed by atoms with van der Waals surface area (Å²) in [5.74, 6) is 0. The lowest BCUT2D eigenvalue weighted by molar-refractivity contribution is 0.601. The van der Waals surface area contributed by atoms with Gasteiger partial charge in [0.25, 0.3) is 0 Å². The number of fused-ring (bicyclic) bond motifs is 10. The topological polar surface area (TPSA) is 0 Å². The van der Waals surface area contributed by atoms with Crippen LogP contribution in [0.15, 0.2) is 170 Å². The van der Waals surface area contributed by atoms with Crippen molar-refractivity contribution in [3.8, 4) is 55.6 Å². The Morgan fingerprint density at radius 1 is 0.296 bits per heavy atom. The highest BCUT2D eigenvalue weighted by Gasteiger charge is 2.45. The minimum absolute atomic E-state index is 0.0444. The third-order valence-electron chi connectivity index (χ3n) is 12.8. The van der Waals surface area contributed by atoms with Crippen LogP contribution < -0.4 is 0 Å². The van der Waals surface area contributed by atoms with E-state index in [4.69, 9.17) is 0 Å². The molecule has 0 unspecified atom stereocenters. The standard InChI is InChI=1S/C54H40/c1-53(2)47-20-12-11-15-39(47)45-29-30-46-40-28-27-37(32-48(40)54(3,4)52(46)51(45)53)34-21-24-35(25-22-34)49-41-16-7-9-18-43(41)50(44-19-10-8-17-42(44)49)38-26-23-33-13-5-6-14-36(33)31-38/h5-32H,1-4H3. The molecule has 0 aromatic heterocycles. The zero-order chi connectivity index (χ0) is 36.3. The van der Waals surface area contributed by atoms with Crippen molar-refractivity contribution < 1.29 is 0 Å². The molecule has 54 heavy (non-hydrogen) atoms. The lowest BCUT2D eigenvalue weighted by Gasteiger charge is -2.30. The Morgan fingerprint density at radius 2 is 0.741 bits per heavy atom. The molecular formula is C54H40. The van der Waals surface area contributed by atoms with Crippen LogP contribution in [-0.4, -0.2) is 0 Å². The Morgan fingerprint density at radius 3 is 1.39 bits per heavy atom. The highest BCUT2D eigenvalue weighted by Crippen LogP contribution is 2.59. The van der Waals surface area contributed by atoms with Gasteiger partial charge in [-0.15, -0.1) is 0 Å². The maximum Gasteiger partial charge on any atom is 0.0162 e. The van der Waals surface area contributed by atoms with Crippen LogP contribution in [0.1, 0.15) is 49.9 Å². The second kappa shape index (κ2) is 11.1. The summed E-state index contributed by atoms with van der Waals surface area (Å²) < 4.78 is 0. The average Bonchev–Trinajstić information content (AvgIpc) is 3.58. The Hall–Kier alpha value is -6.24. The third kappa shape index (κ3) is 4.26. The van der Waals surface area contributed by atoms with E-state index in [0.29, 0.717) is 0 Å². The third-order valence-corrected chi connectivity index (χ3v) is 12.8. The highest BCUT2D eigenvalue weighted by molar-refractivity contribution is 6.21. The SMILES string of the molecule is CC1(C)c2ccccc2-c2ccc3c(c21)C(C)(C)c1cc(-c2ccc(-c4c5ccccc5c(-c5ccc6ccccc6c5)c5ccccc45)cc2)ccc1-3. The maximum atomic E-state index is 2.47. The van der Waals surface area contributed by atoms with E-state index >= 15 is 0 Å². The van der Waals surface area contributed by atoms with Gasteiger partial charge in [-0.25, -0.2) is 0 Å². The maximum absolute atomic E-state index is 2.47. The summed E-state index contributed by atoms with van der Waals surface area (Å²) in [4.78, 5) is 0. The first kappa shape index (κ1) is 31.3. The van der Waals surface area contributed by atoms with Gasteiger partial charge in [0.05, 0.1) is 0 Å². The van der Waals surface area contributed by atoms with Gasteiger partial charge in [-0.2, -0.15) is 0 Å². The molecule has 0 aliphatic heterocycles. The first-order valence-electron chi connectivity index (χ1n) is 19.3. The van der Waals surface area contributed by atoms with Gasteiger partial charge in [0.2, 0.25) is 0 Å². The molecule has 0 N–H and O–H groups in total. The Bertz CT molecular complexity index is 2970. The monoisotopic (exact) mass is 688 g/mol. The number of hydrogen-bond acceptors (Lipinski definition) is 0. The van der Waals surface area contributed by atoms with Crippen molar-refractivity contribution in [3.05, 3.63) is 192 Å². The van der Waals surface area contributed by atoms with Gasteiger partial charge in [0.1, 0.15) is 0 Å². The molecule has 0 heterocycles. The molecule has 9 aromatic rings. The van der Waals surface area contributed by atoms with Crippen LogP contribution in [0.5, 0.6) is 0 Å². The normalized spacial score (nSPS) is 14.6. The predicted molar refractivity (Wildman–Crippen MR) is 230 cm³/mol. The molecule has 2 aliphatic rings. The molecule has 0 saturated carbocycles. The second-order valence-corrected chi connectivity index (χ2v) is 16.4. The molecule has 0 fully saturated rings. The largest absolute Gasteiger partial charge is 0.0619 e. The molecule has 0 spiro atoms. The van der Waals surface area contributed by atoms with Crippen LogP contribution in [0, 0.1) is 0 Å². The number of rotatable bonds is 3. The summed E-state index contributed by atoms with van der Waals surface area (Å²) >= 11 is 0. The fraction of sp³-hybridized carbons (Fsp3) is 0.111. The van der Waals surface area contributed by atoms with Crippen LogP contribution in [0.2, 0.25) is 0 Å². The lowest BCUT2D eigenvalue weighted by Crippen LogP contribution is -2.24. The summed E-state index contributed by atoms with van der Waals surface area (Å²) in [6.45, 7) is 9.68. The minimum atomic E-state index is -0.115. The molecule has 0 amide bonds. The van der Waals surface area contributed by atoms with Gasteiger partial charge in [-0.3, -0.25) is 0 Å². The first-order valence-corrected chi connectivity index (χ1v) is 19.3. The van der Waals surface area contributed by atoms with Crippen LogP contribution in [0.25, 0.3) is 88.0 Å². The van der Waals surface area contributed by atoms with E-state index in [-0.39, 0.29) is 10.8 Å². The molecular weight excluding hydrogens is 649 g/mol. The van der Waals surface area contributed by atoms with Gasteiger partial charge in [-0.05, 0) is 122 Å². The summed E-state index contributed by atoms with van der Waals surface area (Å²) in [7, 11) is 0. The van der Waals surface area contributed by atoms with E-state index < -0.39 is 0 Å². The zero-order valence-electron chi connectivity index (χ0n) is 31.2. The van der Waals surface area contributed by atoms with Crippen molar-refractivity contribution in [2.75, 3.05) is 0 Å². The lowest BCUT2D eigenvalue weighted by atomic mass is 9.72. The Labute approximate surface area is 317 Å². The number of hydrogen-bond donors (Lipinski definition) is 0. The van der Waals surface area contributed by atoms with Gasteiger partial charge in [0.15, 0.2) is 0 Å². The molecule has 256 valence electrons. The van der Waals surface area contributed by atoms with Gasteiger partial charge >= 0.3 is 0 Å². The predicted octanol–water partition coefficient (Wildman–Crippen LogP) is 14.8. The summed E-state index contributed by atoms with van der Waals surface area (Å²) in [5.41, 5.74) is 18.8. The number of benzene rings is 9. The highest BCUT2D eigenvalue weighted by atomic mass is 14.5. The molecule has 0 atom stereocenters. The fourth-order valence-electron chi connectivity index (χ4n) is 10.3. The Balaban J connectivity index is 1.02. The van der Waals surface area contributed by atoms with Crippen LogP contribution in [0.4, 0.5) is 0 Å². The van der Waals surface area contributed by atoms with E-state index in [9.17, 15) is 0 Å². The minimum Gasteiger partial charge on any atom is -0.0619 e. The van der Waals surface area contributed by atoms with Crippen molar-refractivity contribution in [1.29, 1.82) is 0 Å². The Kier molecular flexibility index (Phi) is 6.46. The zero-order valence-corrected chi connectivity index (χ0v) is 31.2. The fourth-order valence-corrected chi connectivity index (χ4v) is 10.3. The van der Waals surface area contributed by atoms with E-state index in [1.807, 2.05) is 0 Å². The molecule has 0 radical (unpaired) electrons. The summed E-state index contributed by atoms with van der Waals surface area (Å²) in [6.07, 6.45) is 0. The van der Waals surface area contributed by atoms with E-state index in [1.165, 1.54) is 110 Å². The molecule has 0 nitrogen and oxygen atoms in total. The van der Waals surface area contributed by atoms with Gasteiger partial charge in [0, 0.05) is 10.8 Å². The smallest absolute Gasteiger partial charge is 0.0162 e. The van der Waals surface area contributed by atoms with Crippen LogP contribution in [-0.2, 0) is 10.8 Å². The average molecular weight is 689 g/mol. The molecule has 9 aromatic carbocycles. The van der Waals surface area contributed by atoms with Gasteiger partial charge in [-0.1, -0.05) is 185 Å². The van der Waals surface area contributed by atoms with E-state index in [1.54, 1.807) is 0 Å². The quantitative estimate of drug-likeness (QED) is 0.162. The van der Waals surface area contributed by atoms with Crippen molar-refractivity contribution in [2.24, 2.45) is 0 Å². The van der Waals surface area contributed by atoms with Crippen molar-refractivity contribution >= 4 is 32.3 Å². The molecule has 2 aliphatic carbocycles. The summed E-state index contributed by atoms with van der Waals surface area (Å²) in [6, 6.07) is 63.7. The van der Waals surface area contributed by atoms with E-state index in [2.05, 4.69) is 198 Å². The van der Waals surface area contributed by atoms with Gasteiger partial charge < -0.3 is 0 Å². The molecule has 0 heteroatoms. The molecule has 0 bridgehead atoms. The van der Waals surface area contributed by atoms with E-state index in [0.717, 1.165) is 0 Å². The van der Waals surface area contributed by atoms with Crippen LogP contribution in [0.3, 0.4) is 0 Å². The van der Waals surface area contributed by atoms with Crippen molar-refractivity contribution in [2.45, 2.75) is 38.5 Å². The molecule has 0 saturated heterocycles. The first-order chi connectivity index (χ1) is 26.3. The summed E-state index contributed by atoms with van der Waals surface area (Å²) in [5, 5.41) is 7.65.